The van der Waals surface area contributed by atoms with Gasteiger partial charge < -0.3 is 0 Å². The van der Waals surface area contributed by atoms with E-state index in [1.807, 2.05) is 18.2 Å². The molecule has 0 fully saturated rings. The molecule has 0 spiro atoms. The molecule has 18 heavy (non-hydrogen) atoms. The molecule has 0 N–H and O–H groups in total. The monoisotopic (exact) mass is 261 g/mol. The third-order valence-corrected chi connectivity index (χ3v) is 3.78. The van der Waals surface area contributed by atoms with Gasteiger partial charge in [-0.2, -0.15) is 0 Å². The van der Waals surface area contributed by atoms with Gasteiger partial charge in [-0.1, -0.05) is 50.8 Å². The normalized spacial score (nSPS) is 12.8. The summed E-state index contributed by atoms with van der Waals surface area (Å²) in [4.78, 5) is 4.73. The summed E-state index contributed by atoms with van der Waals surface area (Å²) in [6.07, 6.45) is 5.08. The summed E-state index contributed by atoms with van der Waals surface area (Å²) in [5, 5.41) is 1.83. The highest BCUT2D eigenvalue weighted by Crippen LogP contribution is 2.26. The van der Waals surface area contributed by atoms with Crippen LogP contribution in [0.2, 0.25) is 5.02 Å². The summed E-state index contributed by atoms with van der Waals surface area (Å²) in [5.74, 6) is 0.528. The molecule has 2 rings (SSSR count). The standard InChI is InChI=1S/C16H20ClN/c1-3-4-5-7-12(2)15-11-10-13-14(17)8-6-9-16(13)18-15/h6,8-12H,3-5,7H2,1-2H3. The highest BCUT2D eigenvalue weighted by atomic mass is 35.5. The number of fused-ring (bicyclic) bond motifs is 1. The number of unbranched alkanes of at least 4 members (excludes halogenated alkanes) is 2. The third kappa shape index (κ3) is 3.02. The minimum Gasteiger partial charge on any atom is -0.253 e. The first-order valence-corrected chi connectivity index (χ1v) is 7.15. The number of benzene rings is 1. The van der Waals surface area contributed by atoms with Gasteiger partial charge in [0.1, 0.15) is 0 Å². The molecule has 1 unspecified atom stereocenters. The van der Waals surface area contributed by atoms with Crippen LogP contribution in [0.3, 0.4) is 0 Å². The SMILES string of the molecule is CCCCCC(C)c1ccc2c(Cl)cccc2n1. The fraction of sp³-hybridized carbons (Fsp3) is 0.438. The van der Waals surface area contributed by atoms with E-state index in [-0.39, 0.29) is 0 Å². The third-order valence-electron chi connectivity index (χ3n) is 3.45. The molecule has 0 aliphatic rings. The molecular formula is C16H20ClN. The molecule has 0 aliphatic heterocycles. The first-order chi connectivity index (χ1) is 8.72. The zero-order chi connectivity index (χ0) is 13.0. The molecule has 0 radical (unpaired) electrons. The zero-order valence-electron chi connectivity index (χ0n) is 11.1. The van der Waals surface area contributed by atoms with Gasteiger partial charge in [-0.15, -0.1) is 0 Å². The second kappa shape index (κ2) is 6.19. The van der Waals surface area contributed by atoms with Crippen LogP contribution in [0.5, 0.6) is 0 Å². The van der Waals surface area contributed by atoms with Crippen molar-refractivity contribution in [3.05, 3.63) is 41.0 Å². The Morgan fingerprint density at radius 1 is 1.17 bits per heavy atom. The minimum absolute atomic E-state index is 0.528. The maximum absolute atomic E-state index is 6.15. The van der Waals surface area contributed by atoms with E-state index in [1.54, 1.807) is 0 Å². The first-order valence-electron chi connectivity index (χ1n) is 6.77. The number of hydrogen-bond donors (Lipinski definition) is 0. The molecule has 1 heterocycles. The molecule has 0 aliphatic carbocycles. The van der Waals surface area contributed by atoms with Crippen molar-refractivity contribution in [3.8, 4) is 0 Å². The second-order valence-electron chi connectivity index (χ2n) is 4.94. The number of halogens is 1. The Balaban J connectivity index is 2.19. The Morgan fingerprint density at radius 2 is 2.00 bits per heavy atom. The van der Waals surface area contributed by atoms with E-state index < -0.39 is 0 Å². The van der Waals surface area contributed by atoms with Gasteiger partial charge in [0, 0.05) is 16.1 Å². The van der Waals surface area contributed by atoms with Crippen molar-refractivity contribution in [1.29, 1.82) is 0 Å². The van der Waals surface area contributed by atoms with E-state index in [0.29, 0.717) is 5.92 Å². The lowest BCUT2D eigenvalue weighted by molar-refractivity contribution is 0.589. The molecule has 1 atom stereocenters. The summed E-state index contributed by atoms with van der Waals surface area (Å²) in [7, 11) is 0. The number of hydrogen-bond acceptors (Lipinski definition) is 1. The van der Waals surface area contributed by atoms with Crippen LogP contribution in [0.4, 0.5) is 0 Å². The number of aromatic nitrogens is 1. The summed E-state index contributed by atoms with van der Waals surface area (Å²) in [6, 6.07) is 10.1. The van der Waals surface area contributed by atoms with Gasteiger partial charge in [0.25, 0.3) is 0 Å². The highest BCUT2D eigenvalue weighted by Gasteiger charge is 2.08. The summed E-state index contributed by atoms with van der Waals surface area (Å²) >= 11 is 6.15. The predicted molar refractivity (Wildman–Crippen MR) is 79.3 cm³/mol. The zero-order valence-corrected chi connectivity index (χ0v) is 11.9. The van der Waals surface area contributed by atoms with E-state index >= 15 is 0 Å². The summed E-state index contributed by atoms with van der Waals surface area (Å²) < 4.78 is 0. The smallest absolute Gasteiger partial charge is 0.0720 e. The van der Waals surface area contributed by atoms with Crippen LogP contribution in [-0.4, -0.2) is 4.98 Å². The minimum atomic E-state index is 0.528. The lowest BCUT2D eigenvalue weighted by atomic mass is 9.99. The van der Waals surface area contributed by atoms with Crippen molar-refractivity contribution in [2.75, 3.05) is 0 Å². The van der Waals surface area contributed by atoms with Crippen molar-refractivity contribution in [1.82, 2.24) is 4.98 Å². The average Bonchev–Trinajstić information content (AvgIpc) is 2.39. The van der Waals surface area contributed by atoms with Gasteiger partial charge in [-0.25, -0.2) is 0 Å². The van der Waals surface area contributed by atoms with Crippen LogP contribution in [-0.2, 0) is 0 Å². The van der Waals surface area contributed by atoms with Gasteiger partial charge in [0.15, 0.2) is 0 Å². The molecule has 1 aromatic carbocycles. The van der Waals surface area contributed by atoms with Gasteiger partial charge in [0.2, 0.25) is 0 Å². The van der Waals surface area contributed by atoms with Crippen molar-refractivity contribution in [2.24, 2.45) is 0 Å². The van der Waals surface area contributed by atoms with Gasteiger partial charge in [-0.05, 0) is 36.6 Å². The molecule has 0 saturated heterocycles. The van der Waals surface area contributed by atoms with Gasteiger partial charge in [0.05, 0.1) is 5.52 Å². The van der Waals surface area contributed by atoms with E-state index in [2.05, 4.69) is 26.0 Å². The molecule has 2 aromatic rings. The quantitative estimate of drug-likeness (QED) is 0.641. The molecule has 2 heteroatoms. The topological polar surface area (TPSA) is 12.9 Å². The Labute approximate surface area is 114 Å². The van der Waals surface area contributed by atoms with Crippen molar-refractivity contribution >= 4 is 22.5 Å². The van der Waals surface area contributed by atoms with Crippen molar-refractivity contribution < 1.29 is 0 Å². The van der Waals surface area contributed by atoms with E-state index in [1.165, 1.54) is 31.4 Å². The van der Waals surface area contributed by atoms with Crippen LogP contribution in [0, 0.1) is 0 Å². The van der Waals surface area contributed by atoms with Crippen molar-refractivity contribution in [2.45, 2.75) is 45.4 Å². The number of pyridine rings is 1. The van der Waals surface area contributed by atoms with E-state index in [9.17, 15) is 0 Å². The van der Waals surface area contributed by atoms with Gasteiger partial charge in [-0.3, -0.25) is 4.98 Å². The average molecular weight is 262 g/mol. The lowest BCUT2D eigenvalue weighted by Gasteiger charge is -2.11. The fourth-order valence-corrected chi connectivity index (χ4v) is 2.49. The molecule has 96 valence electrons. The first kappa shape index (κ1) is 13.4. The number of nitrogens with zero attached hydrogens (tertiary/aromatic N) is 1. The molecular weight excluding hydrogens is 242 g/mol. The molecule has 1 aromatic heterocycles. The van der Waals surface area contributed by atoms with Crippen LogP contribution in [0.1, 0.15) is 51.1 Å². The summed E-state index contributed by atoms with van der Waals surface area (Å²) in [5.41, 5.74) is 2.18. The van der Waals surface area contributed by atoms with Crippen LogP contribution < -0.4 is 0 Å². The summed E-state index contributed by atoms with van der Waals surface area (Å²) in [6.45, 7) is 4.50. The number of rotatable bonds is 5. The fourth-order valence-electron chi connectivity index (χ4n) is 2.26. The second-order valence-corrected chi connectivity index (χ2v) is 5.35. The Bertz CT molecular complexity index is 521. The van der Waals surface area contributed by atoms with Crippen molar-refractivity contribution in [3.63, 3.8) is 0 Å². The van der Waals surface area contributed by atoms with Crippen LogP contribution >= 0.6 is 11.6 Å². The molecule has 0 bridgehead atoms. The maximum Gasteiger partial charge on any atom is 0.0720 e. The largest absolute Gasteiger partial charge is 0.253 e. The Morgan fingerprint density at radius 3 is 2.78 bits per heavy atom. The van der Waals surface area contributed by atoms with Crippen LogP contribution in [0.15, 0.2) is 30.3 Å². The maximum atomic E-state index is 6.15. The van der Waals surface area contributed by atoms with Gasteiger partial charge >= 0.3 is 0 Å². The highest BCUT2D eigenvalue weighted by molar-refractivity contribution is 6.35. The Hall–Kier alpha value is -1.08. The molecule has 0 amide bonds. The van der Waals surface area contributed by atoms with Crippen LogP contribution in [0.25, 0.3) is 10.9 Å². The van der Waals surface area contributed by atoms with E-state index in [4.69, 9.17) is 16.6 Å². The lowest BCUT2D eigenvalue weighted by Crippen LogP contribution is -1.97. The molecule has 1 nitrogen and oxygen atoms in total. The molecule has 0 saturated carbocycles. The van der Waals surface area contributed by atoms with E-state index in [0.717, 1.165) is 15.9 Å². The predicted octanol–water partition coefficient (Wildman–Crippen LogP) is 5.57. The Kier molecular flexibility index (Phi) is 4.60.